The summed E-state index contributed by atoms with van der Waals surface area (Å²) < 4.78 is 23.7. The van der Waals surface area contributed by atoms with Crippen LogP contribution in [0.15, 0.2) is 88.7 Å². The molecule has 0 aliphatic carbocycles. The monoisotopic (exact) mass is 526 g/mol. The standard InChI is InChI=1S/C28H19BrN2O4/c29-22-10-19(7-8-23(22)32-14-16-5-6-17-3-1-2-4-18(17)9-16)27-20-11-25-26(34-15-33-25)12-24(20)35-28(31)21(27)13-30/h1-12,27H,14-15,31H2/t27-/m1/s1. The normalized spacial score (nSPS) is 15.9. The Morgan fingerprint density at radius 2 is 1.74 bits per heavy atom. The zero-order valence-corrected chi connectivity index (χ0v) is 20.0. The van der Waals surface area contributed by atoms with Crippen LogP contribution in [0.5, 0.6) is 23.0 Å². The van der Waals surface area contributed by atoms with Crippen LogP contribution in [0, 0.1) is 11.3 Å². The maximum atomic E-state index is 9.86. The summed E-state index contributed by atoms with van der Waals surface area (Å²) in [5, 5.41) is 12.2. The van der Waals surface area contributed by atoms with Gasteiger partial charge in [-0.05, 0) is 62.1 Å². The first-order valence-corrected chi connectivity index (χ1v) is 11.8. The number of allylic oxidation sites excluding steroid dienone is 1. The van der Waals surface area contributed by atoms with Crippen molar-refractivity contribution in [2.75, 3.05) is 6.79 Å². The lowest BCUT2D eigenvalue weighted by Gasteiger charge is -2.27. The Labute approximate surface area is 210 Å². The zero-order chi connectivity index (χ0) is 23.9. The predicted molar refractivity (Wildman–Crippen MR) is 134 cm³/mol. The first kappa shape index (κ1) is 21.4. The van der Waals surface area contributed by atoms with Crippen LogP contribution in [0.2, 0.25) is 0 Å². The van der Waals surface area contributed by atoms with Gasteiger partial charge < -0.3 is 24.7 Å². The van der Waals surface area contributed by atoms with Crippen molar-refractivity contribution in [1.82, 2.24) is 0 Å². The molecule has 0 fully saturated rings. The first-order valence-electron chi connectivity index (χ1n) is 11.0. The fourth-order valence-electron chi connectivity index (χ4n) is 4.49. The van der Waals surface area contributed by atoms with E-state index in [1.54, 1.807) is 6.07 Å². The quantitative estimate of drug-likeness (QED) is 0.344. The highest BCUT2D eigenvalue weighted by molar-refractivity contribution is 9.10. The number of benzene rings is 4. The largest absolute Gasteiger partial charge is 0.488 e. The third-order valence-corrected chi connectivity index (χ3v) is 6.83. The van der Waals surface area contributed by atoms with Gasteiger partial charge in [0.15, 0.2) is 11.5 Å². The van der Waals surface area contributed by atoms with Crippen molar-refractivity contribution < 1.29 is 18.9 Å². The molecular weight excluding hydrogens is 508 g/mol. The highest BCUT2D eigenvalue weighted by Gasteiger charge is 2.33. The van der Waals surface area contributed by atoms with Crippen molar-refractivity contribution in [3.05, 3.63) is 105 Å². The molecule has 0 saturated carbocycles. The van der Waals surface area contributed by atoms with Crippen molar-refractivity contribution in [3.8, 4) is 29.1 Å². The molecule has 4 aromatic carbocycles. The van der Waals surface area contributed by atoms with Crippen molar-refractivity contribution in [2.45, 2.75) is 12.5 Å². The summed E-state index contributed by atoms with van der Waals surface area (Å²) in [6, 6.07) is 26.1. The van der Waals surface area contributed by atoms with Gasteiger partial charge in [-0.3, -0.25) is 0 Å². The van der Waals surface area contributed by atoms with Crippen LogP contribution in [0.4, 0.5) is 0 Å². The number of nitriles is 1. The lowest BCUT2D eigenvalue weighted by molar-refractivity contribution is 0.174. The number of rotatable bonds is 4. The third-order valence-electron chi connectivity index (χ3n) is 6.21. The second-order valence-corrected chi connectivity index (χ2v) is 9.18. The Kier molecular flexibility index (Phi) is 5.24. The Morgan fingerprint density at radius 3 is 2.54 bits per heavy atom. The minimum atomic E-state index is -0.413. The molecule has 0 amide bonds. The van der Waals surface area contributed by atoms with E-state index in [-0.39, 0.29) is 12.7 Å². The van der Waals surface area contributed by atoms with E-state index in [0.717, 1.165) is 21.2 Å². The summed E-state index contributed by atoms with van der Waals surface area (Å²) in [7, 11) is 0. The maximum Gasteiger partial charge on any atom is 0.231 e. The Morgan fingerprint density at radius 1 is 0.943 bits per heavy atom. The molecule has 4 aromatic rings. The molecule has 0 spiro atoms. The molecule has 172 valence electrons. The van der Waals surface area contributed by atoms with Crippen LogP contribution < -0.4 is 24.7 Å². The number of fused-ring (bicyclic) bond motifs is 3. The molecule has 2 aliphatic heterocycles. The van der Waals surface area contributed by atoms with E-state index in [2.05, 4.69) is 52.3 Å². The molecule has 7 heteroatoms. The molecule has 35 heavy (non-hydrogen) atoms. The van der Waals surface area contributed by atoms with Crippen molar-refractivity contribution in [3.63, 3.8) is 0 Å². The Hall–Kier alpha value is -4.15. The van der Waals surface area contributed by atoms with E-state index >= 15 is 0 Å². The summed E-state index contributed by atoms with van der Waals surface area (Å²) >= 11 is 3.64. The molecule has 0 unspecified atom stereocenters. The van der Waals surface area contributed by atoms with Gasteiger partial charge in [0.1, 0.15) is 29.7 Å². The molecule has 2 heterocycles. The maximum absolute atomic E-state index is 9.86. The second-order valence-electron chi connectivity index (χ2n) is 8.33. The number of nitrogens with zero attached hydrogens (tertiary/aromatic N) is 1. The fraction of sp³-hybridized carbons (Fsp3) is 0.107. The summed E-state index contributed by atoms with van der Waals surface area (Å²) in [4.78, 5) is 0. The van der Waals surface area contributed by atoms with Gasteiger partial charge in [0.2, 0.25) is 12.7 Å². The summed E-state index contributed by atoms with van der Waals surface area (Å²) in [5.41, 5.74) is 9.21. The van der Waals surface area contributed by atoms with Crippen molar-refractivity contribution in [1.29, 1.82) is 5.26 Å². The van der Waals surface area contributed by atoms with Crippen molar-refractivity contribution >= 4 is 26.7 Å². The van der Waals surface area contributed by atoms with Crippen LogP contribution in [-0.4, -0.2) is 6.79 Å². The van der Waals surface area contributed by atoms with Crippen molar-refractivity contribution in [2.24, 2.45) is 5.73 Å². The van der Waals surface area contributed by atoms with E-state index < -0.39 is 5.92 Å². The van der Waals surface area contributed by atoms with Gasteiger partial charge in [-0.2, -0.15) is 5.26 Å². The van der Waals surface area contributed by atoms with Crippen LogP contribution in [0.3, 0.4) is 0 Å². The number of ether oxygens (including phenoxy) is 4. The SMILES string of the molecule is N#CC1=C(N)Oc2cc3c(cc2[C@H]1c1ccc(OCc2ccc4ccccc4c2)c(Br)c1)OCO3. The van der Waals surface area contributed by atoms with Crippen LogP contribution in [-0.2, 0) is 6.61 Å². The van der Waals surface area contributed by atoms with Crippen LogP contribution in [0.25, 0.3) is 10.8 Å². The smallest absolute Gasteiger partial charge is 0.231 e. The van der Waals surface area contributed by atoms with Gasteiger partial charge in [0.25, 0.3) is 0 Å². The molecule has 0 bridgehead atoms. The minimum absolute atomic E-state index is 0.0802. The lowest BCUT2D eigenvalue weighted by Crippen LogP contribution is -2.21. The predicted octanol–water partition coefficient (Wildman–Crippen LogP) is 6.13. The van der Waals surface area contributed by atoms with E-state index in [4.69, 9.17) is 24.7 Å². The molecule has 0 aromatic heterocycles. The topological polar surface area (TPSA) is 86.7 Å². The van der Waals surface area contributed by atoms with E-state index in [1.807, 2.05) is 36.4 Å². The molecule has 6 rings (SSSR count). The fourth-order valence-corrected chi connectivity index (χ4v) is 5.00. The average molecular weight is 527 g/mol. The summed E-state index contributed by atoms with van der Waals surface area (Å²) in [6.07, 6.45) is 0. The number of hydrogen-bond acceptors (Lipinski definition) is 6. The molecule has 2 N–H and O–H groups in total. The number of halogens is 1. The average Bonchev–Trinajstić information content (AvgIpc) is 3.33. The van der Waals surface area contributed by atoms with Crippen LogP contribution >= 0.6 is 15.9 Å². The number of nitrogens with two attached hydrogens (primary N) is 1. The van der Waals surface area contributed by atoms with Gasteiger partial charge >= 0.3 is 0 Å². The van der Waals surface area contributed by atoms with Gasteiger partial charge in [-0.15, -0.1) is 0 Å². The molecule has 0 radical (unpaired) electrons. The highest BCUT2D eigenvalue weighted by atomic mass is 79.9. The van der Waals surface area contributed by atoms with Gasteiger partial charge in [0.05, 0.1) is 10.4 Å². The van der Waals surface area contributed by atoms with Gasteiger partial charge in [-0.1, -0.05) is 42.5 Å². The van der Waals surface area contributed by atoms with E-state index in [1.165, 1.54) is 10.8 Å². The lowest BCUT2D eigenvalue weighted by atomic mass is 9.83. The molecule has 0 saturated heterocycles. The number of hydrogen-bond donors (Lipinski definition) is 1. The van der Waals surface area contributed by atoms with E-state index in [0.29, 0.717) is 35.2 Å². The van der Waals surface area contributed by atoms with Crippen LogP contribution in [0.1, 0.15) is 22.6 Å². The Bertz CT molecular complexity index is 1560. The van der Waals surface area contributed by atoms with Gasteiger partial charge in [-0.25, -0.2) is 0 Å². The molecular formula is C28H19BrN2O4. The first-order chi connectivity index (χ1) is 17.1. The van der Waals surface area contributed by atoms with Gasteiger partial charge in [0, 0.05) is 11.6 Å². The Balaban J connectivity index is 1.30. The third kappa shape index (κ3) is 3.82. The molecule has 1 atom stereocenters. The highest BCUT2D eigenvalue weighted by Crippen LogP contribution is 2.48. The summed E-state index contributed by atoms with van der Waals surface area (Å²) in [6.45, 7) is 0.578. The summed E-state index contributed by atoms with van der Waals surface area (Å²) in [5.74, 6) is 2.12. The minimum Gasteiger partial charge on any atom is -0.488 e. The molecule has 2 aliphatic rings. The second kappa shape index (κ2) is 8.57. The molecule has 6 nitrogen and oxygen atoms in total. The zero-order valence-electron chi connectivity index (χ0n) is 18.5. The van der Waals surface area contributed by atoms with E-state index in [9.17, 15) is 5.26 Å².